The Hall–Kier alpha value is -1.96. The first kappa shape index (κ1) is 16.4. The van der Waals surface area contributed by atoms with Crippen molar-refractivity contribution in [2.75, 3.05) is 6.54 Å². The van der Waals surface area contributed by atoms with E-state index in [1.165, 1.54) is 17.7 Å². The fourth-order valence-electron chi connectivity index (χ4n) is 2.08. The molecule has 0 aliphatic rings. The van der Waals surface area contributed by atoms with Crippen molar-refractivity contribution < 1.29 is 9.72 Å². The summed E-state index contributed by atoms with van der Waals surface area (Å²) in [6, 6.07) is 12.4. The van der Waals surface area contributed by atoms with Gasteiger partial charge in [0, 0.05) is 22.2 Å². The van der Waals surface area contributed by atoms with Crippen LogP contribution in [0.1, 0.15) is 21.5 Å². The van der Waals surface area contributed by atoms with Gasteiger partial charge in [-0.05, 0) is 47.6 Å². The van der Waals surface area contributed by atoms with Crippen LogP contribution in [0.3, 0.4) is 0 Å². The van der Waals surface area contributed by atoms with Gasteiger partial charge in [-0.25, -0.2) is 0 Å². The van der Waals surface area contributed by atoms with E-state index in [1.807, 2.05) is 47.7 Å². The lowest BCUT2D eigenvalue weighted by atomic mass is 10.1. The first-order chi connectivity index (χ1) is 10.5. The highest BCUT2D eigenvalue weighted by Crippen LogP contribution is 2.19. The molecule has 2 aromatic rings. The molecular formula is C16H15IN2O3. The van der Waals surface area contributed by atoms with Crippen molar-refractivity contribution in [2.45, 2.75) is 13.3 Å². The van der Waals surface area contributed by atoms with Crippen LogP contribution >= 0.6 is 22.6 Å². The molecule has 0 unspecified atom stereocenters. The van der Waals surface area contributed by atoms with E-state index in [2.05, 4.69) is 11.4 Å². The van der Waals surface area contributed by atoms with E-state index in [4.69, 9.17) is 0 Å². The van der Waals surface area contributed by atoms with Crippen molar-refractivity contribution in [3.63, 3.8) is 0 Å². The third-order valence-electron chi connectivity index (χ3n) is 3.19. The molecule has 0 heterocycles. The Labute approximate surface area is 142 Å². The lowest BCUT2D eigenvalue weighted by molar-refractivity contribution is -0.384. The Morgan fingerprint density at radius 1 is 1.27 bits per heavy atom. The molecule has 0 radical (unpaired) electrons. The van der Waals surface area contributed by atoms with Crippen LogP contribution in [-0.4, -0.2) is 17.4 Å². The summed E-state index contributed by atoms with van der Waals surface area (Å²) in [6.07, 6.45) is 0.721. The second-order valence-corrected chi connectivity index (χ2v) is 6.08. The summed E-state index contributed by atoms with van der Waals surface area (Å²) in [5, 5.41) is 13.6. The van der Waals surface area contributed by atoms with Crippen molar-refractivity contribution in [2.24, 2.45) is 0 Å². The number of carbonyl (C=O) groups is 1. The van der Waals surface area contributed by atoms with Crippen LogP contribution < -0.4 is 5.32 Å². The van der Waals surface area contributed by atoms with Gasteiger partial charge in [0.2, 0.25) is 0 Å². The van der Waals surface area contributed by atoms with Gasteiger partial charge >= 0.3 is 0 Å². The van der Waals surface area contributed by atoms with Crippen molar-refractivity contribution in [1.29, 1.82) is 0 Å². The van der Waals surface area contributed by atoms with Gasteiger partial charge in [-0.2, -0.15) is 0 Å². The van der Waals surface area contributed by atoms with Crippen LogP contribution in [0.25, 0.3) is 0 Å². The zero-order valence-corrected chi connectivity index (χ0v) is 14.2. The van der Waals surface area contributed by atoms with Gasteiger partial charge in [-0.1, -0.05) is 29.8 Å². The molecule has 6 heteroatoms. The van der Waals surface area contributed by atoms with Crippen molar-refractivity contribution in [3.8, 4) is 0 Å². The molecule has 0 spiro atoms. The second-order valence-electron chi connectivity index (χ2n) is 4.92. The predicted octanol–water partition coefficient (Wildman–Crippen LogP) is 3.48. The number of non-ortho nitro benzene ring substituents is 1. The highest BCUT2D eigenvalue weighted by Gasteiger charge is 2.15. The number of benzene rings is 2. The Morgan fingerprint density at radius 3 is 2.73 bits per heavy atom. The Balaban J connectivity index is 2.00. The topological polar surface area (TPSA) is 72.2 Å². The predicted molar refractivity (Wildman–Crippen MR) is 93.0 cm³/mol. The summed E-state index contributed by atoms with van der Waals surface area (Å²) in [5.74, 6) is -0.291. The molecular weight excluding hydrogens is 395 g/mol. The summed E-state index contributed by atoms with van der Waals surface area (Å²) in [6.45, 7) is 2.51. The van der Waals surface area contributed by atoms with Gasteiger partial charge in [0.05, 0.1) is 10.5 Å². The van der Waals surface area contributed by atoms with Gasteiger partial charge in [0.15, 0.2) is 0 Å². The number of nitrogens with zero attached hydrogens (tertiary/aromatic N) is 1. The smallest absolute Gasteiger partial charge is 0.270 e. The summed E-state index contributed by atoms with van der Waals surface area (Å²) in [7, 11) is 0. The fraction of sp³-hybridized carbons (Fsp3) is 0.188. The van der Waals surface area contributed by atoms with E-state index in [0.29, 0.717) is 15.7 Å². The van der Waals surface area contributed by atoms with Gasteiger partial charge in [0.25, 0.3) is 11.6 Å². The minimum atomic E-state index is -0.500. The lowest BCUT2D eigenvalue weighted by Crippen LogP contribution is -2.26. The van der Waals surface area contributed by atoms with Crippen LogP contribution in [0, 0.1) is 20.6 Å². The second kappa shape index (κ2) is 7.35. The van der Waals surface area contributed by atoms with Crippen LogP contribution in [0.5, 0.6) is 0 Å². The normalized spacial score (nSPS) is 10.3. The Morgan fingerprint density at radius 2 is 2.05 bits per heavy atom. The molecule has 2 rings (SSSR count). The number of halogens is 1. The maximum absolute atomic E-state index is 12.2. The maximum atomic E-state index is 12.2. The van der Waals surface area contributed by atoms with Crippen LogP contribution in [0.2, 0.25) is 0 Å². The quantitative estimate of drug-likeness (QED) is 0.466. The molecule has 0 aliphatic heterocycles. The number of aryl methyl sites for hydroxylation is 1. The fourth-order valence-corrected chi connectivity index (χ4v) is 2.66. The zero-order chi connectivity index (χ0) is 16.1. The van der Waals surface area contributed by atoms with Gasteiger partial charge < -0.3 is 5.32 Å². The first-order valence-electron chi connectivity index (χ1n) is 6.75. The summed E-state index contributed by atoms with van der Waals surface area (Å²) >= 11 is 2.00. The molecule has 0 saturated carbocycles. The van der Waals surface area contributed by atoms with E-state index < -0.39 is 4.92 Å². The molecule has 0 aromatic heterocycles. The molecule has 0 atom stereocenters. The monoisotopic (exact) mass is 410 g/mol. The number of rotatable bonds is 5. The molecule has 2 aromatic carbocycles. The van der Waals surface area contributed by atoms with Crippen molar-refractivity contribution in [1.82, 2.24) is 5.32 Å². The van der Waals surface area contributed by atoms with E-state index in [-0.39, 0.29) is 11.6 Å². The number of carbonyl (C=O) groups excluding carboxylic acids is 1. The highest BCUT2D eigenvalue weighted by atomic mass is 127. The molecule has 1 amide bonds. The highest BCUT2D eigenvalue weighted by molar-refractivity contribution is 14.1. The third-order valence-corrected chi connectivity index (χ3v) is 4.13. The average Bonchev–Trinajstić information content (AvgIpc) is 2.47. The number of nitro benzene ring substituents is 1. The van der Waals surface area contributed by atoms with Gasteiger partial charge in [-0.3, -0.25) is 14.9 Å². The molecule has 5 nitrogen and oxygen atoms in total. The number of hydrogen-bond donors (Lipinski definition) is 1. The number of nitro groups is 1. The first-order valence-corrected chi connectivity index (χ1v) is 7.83. The van der Waals surface area contributed by atoms with E-state index in [1.54, 1.807) is 6.07 Å². The van der Waals surface area contributed by atoms with Crippen LogP contribution in [-0.2, 0) is 6.42 Å². The summed E-state index contributed by atoms with van der Waals surface area (Å²) in [4.78, 5) is 22.4. The van der Waals surface area contributed by atoms with E-state index in [9.17, 15) is 14.9 Å². The molecule has 0 saturated heterocycles. The molecule has 0 bridgehead atoms. The number of nitrogens with one attached hydrogen (secondary N) is 1. The van der Waals surface area contributed by atoms with Crippen molar-refractivity contribution >= 4 is 34.2 Å². The minimum absolute atomic E-state index is 0.0794. The molecule has 0 fully saturated rings. The average molecular weight is 410 g/mol. The minimum Gasteiger partial charge on any atom is -0.352 e. The Bertz CT molecular complexity index is 716. The van der Waals surface area contributed by atoms with Crippen molar-refractivity contribution in [3.05, 3.63) is 72.8 Å². The molecule has 114 valence electrons. The summed E-state index contributed by atoms with van der Waals surface area (Å²) < 4.78 is 0.691. The van der Waals surface area contributed by atoms with Crippen LogP contribution in [0.4, 0.5) is 5.69 Å². The number of hydrogen-bond acceptors (Lipinski definition) is 3. The van der Waals surface area contributed by atoms with Crippen LogP contribution in [0.15, 0.2) is 42.5 Å². The zero-order valence-electron chi connectivity index (χ0n) is 12.0. The maximum Gasteiger partial charge on any atom is 0.270 e. The largest absolute Gasteiger partial charge is 0.352 e. The molecule has 1 N–H and O–H groups in total. The SMILES string of the molecule is Cc1cccc(CCNC(=O)c2cc([N+](=O)[O-])ccc2I)c1. The lowest BCUT2D eigenvalue weighted by Gasteiger charge is -2.07. The summed E-state index contributed by atoms with van der Waals surface area (Å²) in [5.41, 5.74) is 2.58. The molecule has 0 aliphatic carbocycles. The third kappa shape index (κ3) is 4.27. The molecule has 22 heavy (non-hydrogen) atoms. The van der Waals surface area contributed by atoms with E-state index in [0.717, 1.165) is 12.0 Å². The van der Waals surface area contributed by atoms with Gasteiger partial charge in [-0.15, -0.1) is 0 Å². The van der Waals surface area contributed by atoms with Gasteiger partial charge in [0.1, 0.15) is 0 Å². The number of amides is 1. The van der Waals surface area contributed by atoms with E-state index >= 15 is 0 Å². The standard InChI is InChI=1S/C16H15IN2O3/c1-11-3-2-4-12(9-11)7-8-18-16(20)14-10-13(19(21)22)5-6-15(14)17/h2-6,9-10H,7-8H2,1H3,(H,18,20). The Kier molecular flexibility index (Phi) is 5.48.